The fourth-order valence-electron chi connectivity index (χ4n) is 1.49. The summed E-state index contributed by atoms with van der Waals surface area (Å²) in [5, 5.41) is 0.587. The van der Waals surface area contributed by atoms with E-state index < -0.39 is 18.0 Å². The summed E-state index contributed by atoms with van der Waals surface area (Å²) >= 11 is 1.35. The van der Waals surface area contributed by atoms with E-state index in [2.05, 4.69) is 4.98 Å². The summed E-state index contributed by atoms with van der Waals surface area (Å²) < 4.78 is 9.81. The van der Waals surface area contributed by atoms with E-state index in [1.165, 1.54) is 11.8 Å². The number of carbonyl (C=O) groups excluding carboxylic acids is 2. The quantitative estimate of drug-likeness (QED) is 0.597. The molecule has 0 radical (unpaired) electrons. The topological polar surface area (TPSA) is 65.5 Å². The van der Waals surface area contributed by atoms with Crippen molar-refractivity contribution in [3.63, 3.8) is 0 Å². The van der Waals surface area contributed by atoms with Crippen LogP contribution in [-0.2, 0) is 14.3 Å². The molecule has 2 heterocycles. The van der Waals surface area contributed by atoms with Gasteiger partial charge in [0.05, 0.1) is 12.2 Å². The zero-order valence-electron chi connectivity index (χ0n) is 9.21. The van der Waals surface area contributed by atoms with Crippen molar-refractivity contribution in [2.45, 2.75) is 17.6 Å². The number of esters is 2. The van der Waals surface area contributed by atoms with Crippen molar-refractivity contribution in [2.75, 3.05) is 12.9 Å². The van der Waals surface area contributed by atoms with Crippen LogP contribution in [0, 0.1) is 0 Å². The number of hydrogen-bond donors (Lipinski definition) is 0. The molecule has 1 unspecified atom stereocenters. The zero-order valence-corrected chi connectivity index (χ0v) is 10.0. The molecule has 0 spiro atoms. The van der Waals surface area contributed by atoms with Gasteiger partial charge in [0, 0.05) is 12.6 Å². The lowest BCUT2D eigenvalue weighted by Gasteiger charge is -2.09. The summed E-state index contributed by atoms with van der Waals surface area (Å²) in [6.07, 6.45) is 3.06. The van der Waals surface area contributed by atoms with Gasteiger partial charge in [0.1, 0.15) is 5.03 Å². The standard InChI is InChI=1S/C11H11NO4S/c1-17-9-7(3-2-5-12-9)10(13)16-8-4-6-15-11(8)14/h2-3,5,8H,4,6H2,1H3. The smallest absolute Gasteiger partial charge is 0.347 e. The first-order chi connectivity index (χ1) is 8.22. The van der Waals surface area contributed by atoms with Crippen LogP contribution in [0.15, 0.2) is 23.4 Å². The predicted molar refractivity (Wildman–Crippen MR) is 60.8 cm³/mol. The fraction of sp³-hybridized carbons (Fsp3) is 0.364. The molecular weight excluding hydrogens is 242 g/mol. The van der Waals surface area contributed by atoms with Crippen LogP contribution in [0.3, 0.4) is 0 Å². The number of pyridine rings is 1. The van der Waals surface area contributed by atoms with Crippen LogP contribution in [0.4, 0.5) is 0 Å². The Balaban J connectivity index is 2.11. The van der Waals surface area contributed by atoms with Gasteiger partial charge in [-0.15, -0.1) is 11.8 Å². The molecule has 1 aliphatic rings. The molecule has 1 aliphatic heterocycles. The number of nitrogens with zero attached hydrogens (tertiary/aromatic N) is 1. The van der Waals surface area contributed by atoms with Crippen LogP contribution in [0.2, 0.25) is 0 Å². The van der Waals surface area contributed by atoms with Gasteiger partial charge < -0.3 is 9.47 Å². The summed E-state index contributed by atoms with van der Waals surface area (Å²) in [5.74, 6) is -1.01. The Morgan fingerprint density at radius 2 is 2.47 bits per heavy atom. The minimum absolute atomic E-state index is 0.305. The molecule has 1 aromatic rings. The number of hydrogen-bond acceptors (Lipinski definition) is 6. The highest BCUT2D eigenvalue weighted by Crippen LogP contribution is 2.20. The molecule has 6 heteroatoms. The molecule has 1 saturated heterocycles. The molecule has 1 fully saturated rings. The average molecular weight is 253 g/mol. The Labute approximate surface area is 103 Å². The Morgan fingerprint density at radius 1 is 1.65 bits per heavy atom. The molecule has 0 bridgehead atoms. The van der Waals surface area contributed by atoms with Gasteiger partial charge in [-0.25, -0.2) is 14.6 Å². The SMILES string of the molecule is CSc1ncccc1C(=O)OC1CCOC1=O. The van der Waals surface area contributed by atoms with Gasteiger partial charge in [0.15, 0.2) is 0 Å². The molecule has 5 nitrogen and oxygen atoms in total. The molecule has 2 rings (SSSR count). The second kappa shape index (κ2) is 5.18. The highest BCUT2D eigenvalue weighted by molar-refractivity contribution is 7.98. The molecule has 90 valence electrons. The van der Waals surface area contributed by atoms with Gasteiger partial charge in [0.25, 0.3) is 0 Å². The van der Waals surface area contributed by atoms with Gasteiger partial charge in [0.2, 0.25) is 6.10 Å². The minimum Gasteiger partial charge on any atom is -0.463 e. The summed E-state index contributed by atoms with van der Waals surface area (Å²) in [4.78, 5) is 27.1. The molecule has 0 aliphatic carbocycles. The molecular formula is C11H11NO4S. The summed E-state index contributed by atoms with van der Waals surface area (Å²) in [6, 6.07) is 3.28. The maximum absolute atomic E-state index is 11.8. The van der Waals surface area contributed by atoms with Crippen molar-refractivity contribution >= 4 is 23.7 Å². The van der Waals surface area contributed by atoms with Crippen molar-refractivity contribution in [1.82, 2.24) is 4.98 Å². The van der Waals surface area contributed by atoms with Crippen LogP contribution in [-0.4, -0.2) is 35.9 Å². The van der Waals surface area contributed by atoms with Crippen LogP contribution in [0.5, 0.6) is 0 Å². The lowest BCUT2D eigenvalue weighted by atomic mass is 10.2. The average Bonchev–Trinajstić information content (AvgIpc) is 2.75. The number of rotatable bonds is 3. The Morgan fingerprint density at radius 3 is 3.12 bits per heavy atom. The highest BCUT2D eigenvalue weighted by atomic mass is 32.2. The van der Waals surface area contributed by atoms with Crippen molar-refractivity contribution < 1.29 is 19.1 Å². The van der Waals surface area contributed by atoms with E-state index >= 15 is 0 Å². The van der Waals surface area contributed by atoms with E-state index in [9.17, 15) is 9.59 Å². The molecule has 1 atom stereocenters. The second-order valence-corrected chi connectivity index (χ2v) is 4.21. The molecule has 1 aromatic heterocycles. The summed E-state index contributed by atoms with van der Waals surface area (Å²) in [7, 11) is 0. The Kier molecular flexibility index (Phi) is 3.63. The van der Waals surface area contributed by atoms with Crippen molar-refractivity contribution in [1.29, 1.82) is 0 Å². The predicted octanol–water partition coefficient (Wildman–Crippen LogP) is 1.28. The van der Waals surface area contributed by atoms with E-state index in [-0.39, 0.29) is 0 Å². The molecule has 0 amide bonds. The highest BCUT2D eigenvalue weighted by Gasteiger charge is 2.31. The molecule has 17 heavy (non-hydrogen) atoms. The van der Waals surface area contributed by atoms with Gasteiger partial charge in [-0.2, -0.15) is 0 Å². The summed E-state index contributed by atoms with van der Waals surface area (Å²) in [5.41, 5.74) is 0.375. The number of thioether (sulfide) groups is 1. The lowest BCUT2D eigenvalue weighted by Crippen LogP contribution is -2.23. The Bertz CT molecular complexity index is 449. The second-order valence-electron chi connectivity index (χ2n) is 3.41. The minimum atomic E-state index is -0.780. The van der Waals surface area contributed by atoms with E-state index in [4.69, 9.17) is 9.47 Å². The molecule has 0 N–H and O–H groups in total. The first kappa shape index (κ1) is 11.9. The van der Waals surface area contributed by atoms with E-state index in [0.717, 1.165) is 0 Å². The zero-order chi connectivity index (χ0) is 12.3. The first-order valence-corrected chi connectivity index (χ1v) is 6.31. The van der Waals surface area contributed by atoms with Gasteiger partial charge in [-0.1, -0.05) is 0 Å². The number of aromatic nitrogens is 1. The van der Waals surface area contributed by atoms with Crippen molar-refractivity contribution in [3.8, 4) is 0 Å². The fourth-order valence-corrected chi connectivity index (χ4v) is 2.02. The number of cyclic esters (lactones) is 1. The maximum atomic E-state index is 11.8. The first-order valence-electron chi connectivity index (χ1n) is 5.09. The third-order valence-electron chi connectivity index (χ3n) is 2.32. The lowest BCUT2D eigenvalue weighted by molar-refractivity contribution is -0.145. The van der Waals surface area contributed by atoms with Crippen LogP contribution in [0.25, 0.3) is 0 Å². The Hall–Kier alpha value is -1.56. The van der Waals surface area contributed by atoms with Crippen molar-refractivity contribution in [3.05, 3.63) is 23.9 Å². The van der Waals surface area contributed by atoms with E-state index in [1.54, 1.807) is 18.3 Å². The number of carbonyl (C=O) groups is 2. The van der Waals surface area contributed by atoms with Gasteiger partial charge >= 0.3 is 11.9 Å². The maximum Gasteiger partial charge on any atom is 0.347 e. The van der Waals surface area contributed by atoms with E-state index in [1.807, 2.05) is 6.26 Å². The van der Waals surface area contributed by atoms with Gasteiger partial charge in [-0.3, -0.25) is 0 Å². The van der Waals surface area contributed by atoms with Crippen LogP contribution < -0.4 is 0 Å². The normalized spacial score (nSPS) is 18.9. The largest absolute Gasteiger partial charge is 0.463 e. The monoisotopic (exact) mass is 253 g/mol. The number of ether oxygens (including phenoxy) is 2. The van der Waals surface area contributed by atoms with Crippen LogP contribution >= 0.6 is 11.8 Å². The van der Waals surface area contributed by atoms with E-state index in [0.29, 0.717) is 23.6 Å². The third kappa shape index (κ3) is 2.58. The molecule has 0 saturated carbocycles. The van der Waals surface area contributed by atoms with Gasteiger partial charge in [-0.05, 0) is 18.4 Å². The summed E-state index contributed by atoms with van der Waals surface area (Å²) in [6.45, 7) is 0.305. The molecule has 0 aromatic carbocycles. The van der Waals surface area contributed by atoms with Crippen LogP contribution in [0.1, 0.15) is 16.8 Å². The third-order valence-corrected chi connectivity index (χ3v) is 3.03. The van der Waals surface area contributed by atoms with Crippen molar-refractivity contribution in [2.24, 2.45) is 0 Å².